The molecule has 0 aliphatic carbocycles. The molecule has 9 nitrogen and oxygen atoms in total. The second-order valence-corrected chi connectivity index (χ2v) is 9.64. The van der Waals surface area contributed by atoms with Gasteiger partial charge in [0.1, 0.15) is 12.4 Å². The standard InChI is InChI=1S/C27H29N7O2/c1-17-8-6-9-18(2)33(17)15-20-10-7-11-21(28-20)16-35-27-23-13-5-4-12-22(23)25-29-30-26(34(25)31-27)24-14-19(3)36-32-24/h4-5,7,10-14,17-18H,6,8-9,15-16H2,1-3H3/t17-,18+. The van der Waals surface area contributed by atoms with Crippen molar-refractivity contribution in [1.82, 2.24) is 34.9 Å². The molecule has 0 bridgehead atoms. The SMILES string of the molecule is Cc1cc(-c2nnc3c4ccccc4c(OCc4cccc(CN5[C@H](C)CCC[C@@H]5C)n4)nn23)no1. The molecule has 36 heavy (non-hydrogen) atoms. The Balaban J connectivity index is 1.29. The molecule has 0 radical (unpaired) electrons. The second-order valence-electron chi connectivity index (χ2n) is 9.64. The highest BCUT2D eigenvalue weighted by molar-refractivity contribution is 5.96. The Labute approximate surface area is 209 Å². The summed E-state index contributed by atoms with van der Waals surface area (Å²) in [6.07, 6.45) is 3.79. The predicted molar refractivity (Wildman–Crippen MR) is 135 cm³/mol. The van der Waals surface area contributed by atoms with E-state index >= 15 is 0 Å². The minimum absolute atomic E-state index is 0.308. The van der Waals surface area contributed by atoms with Crippen LogP contribution in [0.3, 0.4) is 0 Å². The van der Waals surface area contributed by atoms with Gasteiger partial charge in [0.05, 0.1) is 11.4 Å². The van der Waals surface area contributed by atoms with Gasteiger partial charge in [-0.1, -0.05) is 35.8 Å². The fourth-order valence-electron chi connectivity index (χ4n) is 5.10. The van der Waals surface area contributed by atoms with E-state index in [1.807, 2.05) is 43.3 Å². The summed E-state index contributed by atoms with van der Waals surface area (Å²) in [5.74, 6) is 1.69. The van der Waals surface area contributed by atoms with E-state index in [0.29, 0.717) is 47.5 Å². The Morgan fingerprint density at radius 1 is 0.972 bits per heavy atom. The van der Waals surface area contributed by atoms with Crippen LogP contribution in [-0.4, -0.2) is 46.9 Å². The summed E-state index contributed by atoms with van der Waals surface area (Å²) in [4.78, 5) is 7.46. The molecule has 0 spiro atoms. The number of likely N-dealkylation sites (tertiary alicyclic amines) is 1. The van der Waals surface area contributed by atoms with Crippen molar-refractivity contribution in [1.29, 1.82) is 0 Å². The summed E-state index contributed by atoms with van der Waals surface area (Å²) < 4.78 is 13.2. The van der Waals surface area contributed by atoms with Gasteiger partial charge in [0.15, 0.2) is 11.3 Å². The van der Waals surface area contributed by atoms with E-state index in [1.165, 1.54) is 19.3 Å². The molecule has 0 amide bonds. The van der Waals surface area contributed by atoms with Gasteiger partial charge in [-0.25, -0.2) is 0 Å². The van der Waals surface area contributed by atoms with E-state index in [0.717, 1.165) is 28.7 Å². The van der Waals surface area contributed by atoms with Crippen molar-refractivity contribution in [3.05, 3.63) is 65.7 Å². The van der Waals surface area contributed by atoms with Crippen LogP contribution in [0.4, 0.5) is 0 Å². The third kappa shape index (κ3) is 4.19. The van der Waals surface area contributed by atoms with Crippen molar-refractivity contribution in [2.24, 2.45) is 0 Å². The van der Waals surface area contributed by atoms with Crippen LogP contribution in [-0.2, 0) is 13.2 Å². The minimum Gasteiger partial charge on any atom is -0.470 e. The van der Waals surface area contributed by atoms with Gasteiger partial charge in [-0.2, -0.15) is 4.52 Å². The van der Waals surface area contributed by atoms with Crippen LogP contribution in [0.1, 0.15) is 50.3 Å². The molecule has 9 heteroatoms. The number of fused-ring (bicyclic) bond motifs is 3. The molecule has 184 valence electrons. The maximum atomic E-state index is 6.26. The Hall–Kier alpha value is -3.85. The molecular formula is C27H29N7O2. The smallest absolute Gasteiger partial charge is 0.240 e. The van der Waals surface area contributed by atoms with Gasteiger partial charge >= 0.3 is 0 Å². The van der Waals surface area contributed by atoms with Crippen LogP contribution < -0.4 is 4.74 Å². The predicted octanol–water partition coefficient (Wildman–Crippen LogP) is 4.98. The maximum Gasteiger partial charge on any atom is 0.240 e. The quantitative estimate of drug-likeness (QED) is 0.334. The lowest BCUT2D eigenvalue weighted by molar-refractivity contribution is 0.0937. The highest BCUT2D eigenvalue weighted by Gasteiger charge is 2.25. The zero-order valence-corrected chi connectivity index (χ0v) is 20.8. The van der Waals surface area contributed by atoms with E-state index in [9.17, 15) is 0 Å². The van der Waals surface area contributed by atoms with Gasteiger partial charge in [0, 0.05) is 35.5 Å². The zero-order chi connectivity index (χ0) is 24.6. The summed E-state index contributed by atoms with van der Waals surface area (Å²) in [6, 6.07) is 17.0. The number of aromatic nitrogens is 6. The average molecular weight is 484 g/mol. The lowest BCUT2D eigenvalue weighted by Crippen LogP contribution is -2.43. The summed E-state index contributed by atoms with van der Waals surface area (Å²) >= 11 is 0. The Bertz CT molecular complexity index is 1520. The second kappa shape index (κ2) is 9.31. The fourth-order valence-corrected chi connectivity index (χ4v) is 5.10. The number of pyridine rings is 1. The van der Waals surface area contributed by atoms with Crippen LogP contribution in [0.2, 0.25) is 0 Å². The van der Waals surface area contributed by atoms with Gasteiger partial charge in [-0.05, 0) is 51.8 Å². The topological polar surface area (TPSA) is 94.5 Å². The molecule has 6 rings (SSSR count). The molecule has 1 fully saturated rings. The third-order valence-corrected chi connectivity index (χ3v) is 7.03. The number of piperidine rings is 1. The highest BCUT2D eigenvalue weighted by Crippen LogP contribution is 2.29. The first-order chi connectivity index (χ1) is 17.6. The molecule has 5 heterocycles. The summed E-state index contributed by atoms with van der Waals surface area (Å²) in [6.45, 7) is 7.63. The van der Waals surface area contributed by atoms with Crippen LogP contribution in [0.5, 0.6) is 5.88 Å². The molecule has 4 aromatic heterocycles. The van der Waals surface area contributed by atoms with Crippen LogP contribution in [0.15, 0.2) is 53.1 Å². The van der Waals surface area contributed by atoms with E-state index in [4.69, 9.17) is 19.3 Å². The fraction of sp³-hybridized carbons (Fsp3) is 0.370. The first-order valence-corrected chi connectivity index (χ1v) is 12.5. The summed E-state index contributed by atoms with van der Waals surface area (Å²) in [5.41, 5.74) is 3.14. The van der Waals surface area contributed by atoms with Gasteiger partial charge in [0.25, 0.3) is 0 Å². The van der Waals surface area contributed by atoms with Crippen molar-refractivity contribution in [2.75, 3.05) is 0 Å². The molecular weight excluding hydrogens is 454 g/mol. The van der Waals surface area contributed by atoms with E-state index < -0.39 is 0 Å². The van der Waals surface area contributed by atoms with E-state index in [2.05, 4.69) is 46.2 Å². The number of nitrogens with zero attached hydrogens (tertiary/aromatic N) is 7. The average Bonchev–Trinajstić information content (AvgIpc) is 3.51. The molecule has 1 aliphatic heterocycles. The molecule has 1 saturated heterocycles. The van der Waals surface area contributed by atoms with Crippen molar-refractivity contribution in [3.63, 3.8) is 0 Å². The third-order valence-electron chi connectivity index (χ3n) is 7.03. The molecule has 0 unspecified atom stereocenters. The van der Waals surface area contributed by atoms with Crippen molar-refractivity contribution in [3.8, 4) is 17.4 Å². The van der Waals surface area contributed by atoms with Gasteiger partial charge in [-0.15, -0.1) is 15.3 Å². The molecule has 1 aliphatic rings. The highest BCUT2D eigenvalue weighted by atomic mass is 16.5. The molecule has 5 aromatic rings. The van der Waals surface area contributed by atoms with Crippen molar-refractivity contribution in [2.45, 2.75) is 65.3 Å². The van der Waals surface area contributed by atoms with Crippen molar-refractivity contribution >= 4 is 16.4 Å². The number of hydrogen-bond acceptors (Lipinski definition) is 8. The lowest BCUT2D eigenvalue weighted by Gasteiger charge is -2.38. The molecule has 1 aromatic carbocycles. The first kappa shape index (κ1) is 22.6. The van der Waals surface area contributed by atoms with Crippen LogP contribution >= 0.6 is 0 Å². The lowest BCUT2D eigenvalue weighted by atomic mass is 9.97. The molecule has 2 atom stereocenters. The molecule has 0 N–H and O–H groups in total. The Morgan fingerprint density at radius 3 is 2.53 bits per heavy atom. The van der Waals surface area contributed by atoms with Gasteiger partial charge in [0.2, 0.25) is 11.7 Å². The largest absolute Gasteiger partial charge is 0.470 e. The molecule has 0 saturated carbocycles. The Morgan fingerprint density at radius 2 is 1.75 bits per heavy atom. The summed E-state index contributed by atoms with van der Waals surface area (Å²) in [5, 5.41) is 19.3. The number of benzene rings is 1. The number of rotatable bonds is 6. The van der Waals surface area contributed by atoms with Gasteiger partial charge in [-0.3, -0.25) is 9.88 Å². The monoisotopic (exact) mass is 483 g/mol. The first-order valence-electron chi connectivity index (χ1n) is 12.5. The number of ether oxygens (including phenoxy) is 1. The zero-order valence-electron chi connectivity index (χ0n) is 20.8. The van der Waals surface area contributed by atoms with Gasteiger partial charge < -0.3 is 9.26 Å². The number of hydrogen-bond donors (Lipinski definition) is 0. The van der Waals surface area contributed by atoms with Crippen LogP contribution in [0, 0.1) is 6.92 Å². The van der Waals surface area contributed by atoms with Crippen LogP contribution in [0.25, 0.3) is 27.9 Å². The summed E-state index contributed by atoms with van der Waals surface area (Å²) in [7, 11) is 0. The maximum absolute atomic E-state index is 6.26. The normalized spacial score (nSPS) is 18.8. The number of aryl methyl sites for hydroxylation is 1. The van der Waals surface area contributed by atoms with E-state index in [-0.39, 0.29) is 0 Å². The van der Waals surface area contributed by atoms with E-state index in [1.54, 1.807) is 4.52 Å². The minimum atomic E-state index is 0.308. The Kier molecular flexibility index (Phi) is 5.85. The van der Waals surface area contributed by atoms with Crippen molar-refractivity contribution < 1.29 is 9.26 Å².